The number of aromatic nitrogens is 2. The van der Waals surface area contributed by atoms with Crippen molar-refractivity contribution in [2.24, 2.45) is 0 Å². The lowest BCUT2D eigenvalue weighted by Gasteiger charge is -2.05. The lowest BCUT2D eigenvalue weighted by Crippen LogP contribution is -2.29. The van der Waals surface area contributed by atoms with Crippen LogP contribution in [0.15, 0.2) is 30.3 Å². The molecule has 122 valence electrons. The molecule has 23 heavy (non-hydrogen) atoms. The van der Waals surface area contributed by atoms with Crippen LogP contribution >= 0.6 is 0 Å². The number of hydrogen-bond donors (Lipinski definition) is 2. The summed E-state index contributed by atoms with van der Waals surface area (Å²) in [6.07, 6.45) is 0.623. The SMILES string of the molecule is CC(=O)NCCCNC(=O)c1cc(C)n(-c2ccccc2F)n1. The fourth-order valence-corrected chi connectivity index (χ4v) is 2.10. The topological polar surface area (TPSA) is 76.0 Å². The zero-order valence-electron chi connectivity index (χ0n) is 13.1. The average Bonchev–Trinajstić information content (AvgIpc) is 2.89. The van der Waals surface area contributed by atoms with Crippen LogP contribution in [0, 0.1) is 12.7 Å². The van der Waals surface area contributed by atoms with Crippen molar-refractivity contribution in [3.05, 3.63) is 47.5 Å². The second kappa shape index (κ2) is 7.53. The fourth-order valence-electron chi connectivity index (χ4n) is 2.10. The molecular weight excluding hydrogens is 299 g/mol. The molecule has 0 radical (unpaired) electrons. The molecular formula is C16H19FN4O2. The van der Waals surface area contributed by atoms with E-state index in [2.05, 4.69) is 15.7 Å². The Labute approximate surface area is 133 Å². The zero-order chi connectivity index (χ0) is 16.8. The van der Waals surface area contributed by atoms with Crippen LogP contribution in [-0.4, -0.2) is 34.7 Å². The molecule has 1 aromatic heterocycles. The number of carbonyl (C=O) groups excluding carboxylic acids is 2. The van der Waals surface area contributed by atoms with Crippen molar-refractivity contribution in [3.8, 4) is 5.69 Å². The Morgan fingerprint density at radius 2 is 1.91 bits per heavy atom. The summed E-state index contributed by atoms with van der Waals surface area (Å²) in [7, 11) is 0. The van der Waals surface area contributed by atoms with E-state index in [1.807, 2.05) is 0 Å². The summed E-state index contributed by atoms with van der Waals surface area (Å²) in [6, 6.07) is 7.86. The third kappa shape index (κ3) is 4.38. The number of benzene rings is 1. The van der Waals surface area contributed by atoms with E-state index in [0.717, 1.165) is 0 Å². The Hall–Kier alpha value is -2.70. The first-order valence-corrected chi connectivity index (χ1v) is 7.33. The van der Waals surface area contributed by atoms with Crippen LogP contribution in [0.25, 0.3) is 5.69 Å². The van der Waals surface area contributed by atoms with Crippen molar-refractivity contribution in [1.29, 1.82) is 0 Å². The maximum atomic E-state index is 13.8. The van der Waals surface area contributed by atoms with Crippen LogP contribution in [0.5, 0.6) is 0 Å². The Kier molecular flexibility index (Phi) is 5.46. The number of aryl methyl sites for hydroxylation is 1. The molecule has 0 aliphatic rings. The molecule has 0 fully saturated rings. The number of halogens is 1. The van der Waals surface area contributed by atoms with Gasteiger partial charge in [-0.25, -0.2) is 9.07 Å². The molecule has 0 saturated carbocycles. The molecule has 0 aliphatic heterocycles. The summed E-state index contributed by atoms with van der Waals surface area (Å²) in [4.78, 5) is 22.8. The second-order valence-electron chi connectivity index (χ2n) is 5.13. The van der Waals surface area contributed by atoms with E-state index in [9.17, 15) is 14.0 Å². The van der Waals surface area contributed by atoms with Crippen LogP contribution in [-0.2, 0) is 4.79 Å². The highest BCUT2D eigenvalue weighted by Crippen LogP contribution is 2.15. The van der Waals surface area contributed by atoms with Gasteiger partial charge in [-0.1, -0.05) is 12.1 Å². The summed E-state index contributed by atoms with van der Waals surface area (Å²) >= 11 is 0. The van der Waals surface area contributed by atoms with Gasteiger partial charge in [-0.2, -0.15) is 5.10 Å². The summed E-state index contributed by atoms with van der Waals surface area (Å²) in [5.74, 6) is -0.831. The molecule has 7 heteroatoms. The van der Waals surface area contributed by atoms with Crippen molar-refractivity contribution >= 4 is 11.8 Å². The van der Waals surface area contributed by atoms with Gasteiger partial charge in [-0.15, -0.1) is 0 Å². The average molecular weight is 318 g/mol. The molecule has 2 rings (SSSR count). The monoisotopic (exact) mass is 318 g/mol. The summed E-state index contributed by atoms with van der Waals surface area (Å²) in [6.45, 7) is 4.12. The number of carbonyl (C=O) groups is 2. The highest BCUT2D eigenvalue weighted by atomic mass is 19.1. The van der Waals surface area contributed by atoms with Crippen molar-refractivity contribution < 1.29 is 14.0 Å². The fraction of sp³-hybridized carbons (Fsp3) is 0.312. The summed E-state index contributed by atoms with van der Waals surface area (Å²) in [5, 5.41) is 9.53. The number of hydrogen-bond acceptors (Lipinski definition) is 3. The van der Waals surface area contributed by atoms with Crippen molar-refractivity contribution in [1.82, 2.24) is 20.4 Å². The molecule has 2 aromatic rings. The van der Waals surface area contributed by atoms with Crippen LogP contribution in [0.4, 0.5) is 4.39 Å². The maximum Gasteiger partial charge on any atom is 0.271 e. The van der Waals surface area contributed by atoms with E-state index < -0.39 is 5.82 Å². The molecule has 0 spiro atoms. The lowest BCUT2D eigenvalue weighted by molar-refractivity contribution is -0.118. The second-order valence-corrected chi connectivity index (χ2v) is 5.13. The molecule has 0 unspecified atom stereocenters. The van der Waals surface area contributed by atoms with Crippen LogP contribution in [0.3, 0.4) is 0 Å². The molecule has 1 aromatic carbocycles. The van der Waals surface area contributed by atoms with Crippen LogP contribution in [0.2, 0.25) is 0 Å². The van der Waals surface area contributed by atoms with E-state index >= 15 is 0 Å². The molecule has 6 nitrogen and oxygen atoms in total. The van der Waals surface area contributed by atoms with Gasteiger partial charge in [0, 0.05) is 25.7 Å². The standard InChI is InChI=1S/C16H19FN4O2/c1-11-10-14(16(23)19-9-5-8-18-12(2)22)20-21(11)15-7-4-3-6-13(15)17/h3-4,6-7,10H,5,8-9H2,1-2H3,(H,18,22)(H,19,23). The first-order chi connectivity index (χ1) is 11.0. The van der Waals surface area contributed by atoms with E-state index in [1.165, 1.54) is 17.7 Å². The van der Waals surface area contributed by atoms with Crippen LogP contribution < -0.4 is 10.6 Å². The van der Waals surface area contributed by atoms with Gasteiger partial charge in [-0.05, 0) is 31.5 Å². The molecule has 0 aliphatic carbocycles. The molecule has 2 N–H and O–H groups in total. The largest absolute Gasteiger partial charge is 0.356 e. The molecule has 0 saturated heterocycles. The van der Waals surface area contributed by atoms with Gasteiger partial charge in [0.15, 0.2) is 5.69 Å². The minimum Gasteiger partial charge on any atom is -0.356 e. The van der Waals surface area contributed by atoms with Gasteiger partial charge in [0.25, 0.3) is 5.91 Å². The highest BCUT2D eigenvalue weighted by molar-refractivity contribution is 5.92. The van der Waals surface area contributed by atoms with Gasteiger partial charge in [0.1, 0.15) is 11.5 Å². The molecule has 0 bridgehead atoms. The minimum absolute atomic E-state index is 0.101. The normalized spacial score (nSPS) is 10.4. The number of nitrogens with zero attached hydrogens (tertiary/aromatic N) is 2. The number of amides is 2. The predicted octanol–water partition coefficient (Wildman–Crippen LogP) is 1.58. The quantitative estimate of drug-likeness (QED) is 0.794. The molecule has 2 amide bonds. The zero-order valence-corrected chi connectivity index (χ0v) is 13.1. The van der Waals surface area contributed by atoms with E-state index in [-0.39, 0.29) is 17.5 Å². The van der Waals surface area contributed by atoms with Gasteiger partial charge in [-0.3, -0.25) is 9.59 Å². The van der Waals surface area contributed by atoms with Gasteiger partial charge in [0.05, 0.1) is 0 Å². The van der Waals surface area contributed by atoms with Gasteiger partial charge in [0.2, 0.25) is 5.91 Å². The Morgan fingerprint density at radius 1 is 1.22 bits per heavy atom. The first kappa shape index (κ1) is 16.7. The van der Waals surface area contributed by atoms with Gasteiger partial charge >= 0.3 is 0 Å². The molecule has 1 heterocycles. The van der Waals surface area contributed by atoms with Crippen molar-refractivity contribution in [3.63, 3.8) is 0 Å². The van der Waals surface area contributed by atoms with E-state index in [0.29, 0.717) is 30.9 Å². The van der Waals surface area contributed by atoms with Crippen molar-refractivity contribution in [2.75, 3.05) is 13.1 Å². The highest BCUT2D eigenvalue weighted by Gasteiger charge is 2.14. The third-order valence-electron chi connectivity index (χ3n) is 3.21. The van der Waals surface area contributed by atoms with Gasteiger partial charge < -0.3 is 10.6 Å². The predicted molar refractivity (Wildman–Crippen MR) is 83.9 cm³/mol. The third-order valence-corrected chi connectivity index (χ3v) is 3.21. The van der Waals surface area contributed by atoms with Crippen molar-refractivity contribution in [2.45, 2.75) is 20.3 Å². The number of rotatable bonds is 6. The Morgan fingerprint density at radius 3 is 2.61 bits per heavy atom. The Bertz CT molecular complexity index is 712. The van der Waals surface area contributed by atoms with E-state index in [1.54, 1.807) is 31.2 Å². The van der Waals surface area contributed by atoms with E-state index in [4.69, 9.17) is 0 Å². The lowest BCUT2D eigenvalue weighted by atomic mass is 10.3. The van der Waals surface area contributed by atoms with Crippen LogP contribution in [0.1, 0.15) is 29.5 Å². The first-order valence-electron chi connectivity index (χ1n) is 7.33. The molecule has 0 atom stereocenters. The Balaban J connectivity index is 1.99. The summed E-state index contributed by atoms with van der Waals surface area (Å²) < 4.78 is 15.2. The minimum atomic E-state index is -0.402. The maximum absolute atomic E-state index is 13.8. The number of nitrogens with one attached hydrogen (secondary N) is 2. The summed E-state index contributed by atoms with van der Waals surface area (Å²) in [5.41, 5.74) is 1.19. The number of para-hydroxylation sites is 1. The smallest absolute Gasteiger partial charge is 0.271 e.